The van der Waals surface area contributed by atoms with Gasteiger partial charge in [-0.2, -0.15) is 0 Å². The molecule has 2 aromatic rings. The van der Waals surface area contributed by atoms with Gasteiger partial charge in [0.2, 0.25) is 0 Å². The maximum atomic E-state index is 13.9. The van der Waals surface area contributed by atoms with Gasteiger partial charge < -0.3 is 5.11 Å². The van der Waals surface area contributed by atoms with Gasteiger partial charge in [-0.3, -0.25) is 14.9 Å². The number of barbiturate groups is 1. The summed E-state index contributed by atoms with van der Waals surface area (Å²) in [5, 5.41) is 11.4. The monoisotopic (exact) mass is 360 g/mol. The molecular weight excluding hydrogens is 351 g/mol. The van der Waals surface area contributed by atoms with E-state index >= 15 is 0 Å². The van der Waals surface area contributed by atoms with Crippen molar-refractivity contribution in [3.8, 4) is 5.75 Å². The second-order valence-corrected chi connectivity index (χ2v) is 5.53. The summed E-state index contributed by atoms with van der Waals surface area (Å²) in [5.74, 6) is -2.83. The molecule has 0 aromatic heterocycles. The fourth-order valence-corrected chi connectivity index (χ4v) is 2.48. The Hall–Kier alpha value is -3.19. The lowest BCUT2D eigenvalue weighted by molar-refractivity contribution is -0.122. The largest absolute Gasteiger partial charge is 0.506 e. The maximum absolute atomic E-state index is 13.9. The summed E-state index contributed by atoms with van der Waals surface area (Å²) in [6.07, 6.45) is 1.20. The number of para-hydroxylation sites is 1. The smallest absolute Gasteiger partial charge is 0.336 e. The van der Waals surface area contributed by atoms with Gasteiger partial charge in [0.05, 0.1) is 10.7 Å². The van der Waals surface area contributed by atoms with Crippen molar-refractivity contribution >= 4 is 41.2 Å². The van der Waals surface area contributed by atoms with Crippen molar-refractivity contribution in [3.05, 3.63) is 64.4 Å². The summed E-state index contributed by atoms with van der Waals surface area (Å²) in [7, 11) is 0. The SMILES string of the molecule is O=C1NC(=O)N(c2ccccc2F)C(=O)/C1=C/c1ccc(O)c(Cl)c1. The van der Waals surface area contributed by atoms with Crippen molar-refractivity contribution in [3.63, 3.8) is 0 Å². The Balaban J connectivity index is 2.05. The Morgan fingerprint density at radius 3 is 2.52 bits per heavy atom. The lowest BCUT2D eigenvalue weighted by Crippen LogP contribution is -2.54. The number of urea groups is 1. The summed E-state index contributed by atoms with van der Waals surface area (Å²) in [5.41, 5.74) is -0.291. The fourth-order valence-electron chi connectivity index (χ4n) is 2.29. The number of phenols is 1. The molecule has 0 saturated carbocycles. The van der Waals surface area contributed by atoms with E-state index in [-0.39, 0.29) is 22.0 Å². The molecule has 3 rings (SSSR count). The highest BCUT2D eigenvalue weighted by Crippen LogP contribution is 2.27. The molecular formula is C17H10ClFN2O4. The van der Waals surface area contributed by atoms with Gasteiger partial charge in [-0.25, -0.2) is 14.1 Å². The number of aromatic hydroxyl groups is 1. The van der Waals surface area contributed by atoms with E-state index in [9.17, 15) is 23.9 Å². The average Bonchev–Trinajstić information content (AvgIpc) is 2.56. The maximum Gasteiger partial charge on any atom is 0.336 e. The molecule has 0 radical (unpaired) electrons. The van der Waals surface area contributed by atoms with Crippen molar-refractivity contribution < 1.29 is 23.9 Å². The average molecular weight is 361 g/mol. The quantitative estimate of drug-likeness (QED) is 0.637. The molecule has 0 unspecified atom stereocenters. The first-order valence-electron chi connectivity index (χ1n) is 7.03. The van der Waals surface area contributed by atoms with Crippen LogP contribution in [-0.2, 0) is 9.59 Å². The van der Waals surface area contributed by atoms with Crippen LogP contribution in [-0.4, -0.2) is 23.0 Å². The molecule has 2 N–H and O–H groups in total. The van der Waals surface area contributed by atoms with Crippen molar-refractivity contribution in [2.75, 3.05) is 4.90 Å². The number of rotatable bonds is 2. The Kier molecular flexibility index (Phi) is 4.24. The van der Waals surface area contributed by atoms with Crippen LogP contribution in [0.5, 0.6) is 5.75 Å². The van der Waals surface area contributed by atoms with Gasteiger partial charge in [-0.05, 0) is 35.9 Å². The van der Waals surface area contributed by atoms with Crippen LogP contribution in [0.15, 0.2) is 48.0 Å². The molecule has 1 aliphatic rings. The number of nitrogens with zero attached hydrogens (tertiary/aromatic N) is 1. The number of imide groups is 2. The summed E-state index contributed by atoms with van der Waals surface area (Å²) in [6, 6.07) is 8.23. The first-order chi connectivity index (χ1) is 11.9. The Labute approximate surface area is 146 Å². The minimum absolute atomic E-state index is 0.0278. The van der Waals surface area contributed by atoms with Crippen molar-refractivity contribution in [2.45, 2.75) is 0 Å². The van der Waals surface area contributed by atoms with Crippen molar-refractivity contribution in [2.24, 2.45) is 0 Å². The van der Waals surface area contributed by atoms with E-state index in [1.54, 1.807) is 0 Å². The molecule has 126 valence electrons. The van der Waals surface area contributed by atoms with Crippen LogP contribution in [0.1, 0.15) is 5.56 Å². The molecule has 1 heterocycles. The predicted octanol–water partition coefficient (Wildman–Crippen LogP) is 2.85. The number of carbonyl (C=O) groups is 3. The minimum atomic E-state index is -1.04. The Morgan fingerprint density at radius 1 is 1.12 bits per heavy atom. The van der Waals surface area contributed by atoms with Gasteiger partial charge >= 0.3 is 6.03 Å². The van der Waals surface area contributed by atoms with Crippen LogP contribution in [0.4, 0.5) is 14.9 Å². The number of carbonyl (C=O) groups excluding carboxylic acids is 3. The van der Waals surface area contributed by atoms with E-state index in [0.29, 0.717) is 10.5 Å². The third-order valence-electron chi connectivity index (χ3n) is 3.48. The van der Waals surface area contributed by atoms with Crippen LogP contribution in [0, 0.1) is 5.82 Å². The third-order valence-corrected chi connectivity index (χ3v) is 3.78. The summed E-state index contributed by atoms with van der Waals surface area (Å²) < 4.78 is 13.9. The zero-order chi connectivity index (χ0) is 18.1. The zero-order valence-electron chi connectivity index (χ0n) is 12.5. The highest BCUT2D eigenvalue weighted by atomic mass is 35.5. The number of amides is 4. The van der Waals surface area contributed by atoms with Gasteiger partial charge in [0.1, 0.15) is 17.1 Å². The summed E-state index contributed by atoms with van der Waals surface area (Å²) >= 11 is 5.79. The van der Waals surface area contributed by atoms with Crippen molar-refractivity contribution in [1.82, 2.24) is 5.32 Å². The molecule has 1 aliphatic heterocycles. The van der Waals surface area contributed by atoms with Gasteiger partial charge in [0.25, 0.3) is 11.8 Å². The van der Waals surface area contributed by atoms with Gasteiger partial charge in [-0.1, -0.05) is 29.8 Å². The number of anilines is 1. The lowest BCUT2D eigenvalue weighted by Gasteiger charge is -2.26. The topological polar surface area (TPSA) is 86.7 Å². The second-order valence-electron chi connectivity index (χ2n) is 5.12. The van der Waals surface area contributed by atoms with Crippen molar-refractivity contribution in [1.29, 1.82) is 0 Å². The van der Waals surface area contributed by atoms with E-state index in [0.717, 1.165) is 6.07 Å². The number of nitrogens with one attached hydrogen (secondary N) is 1. The van der Waals surface area contributed by atoms with Gasteiger partial charge in [-0.15, -0.1) is 0 Å². The molecule has 1 fully saturated rings. The molecule has 0 spiro atoms. The molecule has 8 heteroatoms. The third kappa shape index (κ3) is 3.09. The first-order valence-corrected chi connectivity index (χ1v) is 7.41. The number of hydrogen-bond donors (Lipinski definition) is 2. The predicted molar refractivity (Wildman–Crippen MR) is 88.5 cm³/mol. The van der Waals surface area contributed by atoms with E-state index < -0.39 is 23.7 Å². The van der Waals surface area contributed by atoms with E-state index in [1.165, 1.54) is 42.5 Å². The molecule has 6 nitrogen and oxygen atoms in total. The van der Waals surface area contributed by atoms with E-state index in [4.69, 9.17) is 11.6 Å². The first kappa shape index (κ1) is 16.7. The number of phenolic OH excluding ortho intramolecular Hbond substituents is 1. The van der Waals surface area contributed by atoms with Crippen LogP contribution in [0.25, 0.3) is 6.08 Å². The second kappa shape index (κ2) is 6.37. The van der Waals surface area contributed by atoms with E-state index in [2.05, 4.69) is 0 Å². The highest BCUT2D eigenvalue weighted by Gasteiger charge is 2.37. The normalized spacial score (nSPS) is 16.3. The summed E-state index contributed by atoms with van der Waals surface area (Å²) in [6.45, 7) is 0. The van der Waals surface area contributed by atoms with Crippen LogP contribution in [0.2, 0.25) is 5.02 Å². The minimum Gasteiger partial charge on any atom is -0.506 e. The molecule has 25 heavy (non-hydrogen) atoms. The zero-order valence-corrected chi connectivity index (χ0v) is 13.2. The molecule has 2 aromatic carbocycles. The summed E-state index contributed by atoms with van der Waals surface area (Å²) in [4.78, 5) is 37.1. The Bertz CT molecular complexity index is 942. The molecule has 1 saturated heterocycles. The Morgan fingerprint density at radius 2 is 1.84 bits per heavy atom. The van der Waals surface area contributed by atoms with E-state index in [1.807, 2.05) is 5.32 Å². The number of benzene rings is 2. The molecule has 0 atom stereocenters. The van der Waals surface area contributed by atoms with Crippen LogP contribution in [0.3, 0.4) is 0 Å². The highest BCUT2D eigenvalue weighted by molar-refractivity contribution is 6.39. The molecule has 0 bridgehead atoms. The molecule has 4 amide bonds. The number of halogens is 2. The number of hydrogen-bond acceptors (Lipinski definition) is 4. The molecule has 0 aliphatic carbocycles. The van der Waals surface area contributed by atoms with Gasteiger partial charge in [0.15, 0.2) is 0 Å². The lowest BCUT2D eigenvalue weighted by atomic mass is 10.1. The fraction of sp³-hybridized carbons (Fsp3) is 0. The van der Waals surface area contributed by atoms with Crippen LogP contribution < -0.4 is 10.2 Å². The van der Waals surface area contributed by atoms with Crippen LogP contribution >= 0.6 is 11.6 Å². The standard InChI is InChI=1S/C17H10ClFN2O4/c18-11-8-9(5-6-14(11)22)7-10-15(23)20-17(25)21(16(10)24)13-4-2-1-3-12(13)19/h1-8,22H,(H,20,23,25)/b10-7+. The van der Waals surface area contributed by atoms with Gasteiger partial charge in [0, 0.05) is 0 Å².